The Hall–Kier alpha value is 4.28. The quantitative estimate of drug-likeness (QED) is 0.292. The third-order valence-electron chi connectivity index (χ3n) is 1.34. The second-order valence-electron chi connectivity index (χ2n) is 2.30. The van der Waals surface area contributed by atoms with Crippen LogP contribution in [0.1, 0.15) is 0 Å². The highest BCUT2D eigenvalue weighted by molar-refractivity contribution is 9.42. The van der Waals surface area contributed by atoms with Crippen molar-refractivity contribution in [2.75, 3.05) is 0 Å². The predicted octanol–water partition coefficient (Wildman–Crippen LogP) is 6.20. The van der Waals surface area contributed by atoms with Gasteiger partial charge in [0.25, 0.3) is 0 Å². The van der Waals surface area contributed by atoms with E-state index in [1.165, 1.54) is 0 Å². The molecule has 0 aliphatic carbocycles. The second-order valence-corrected chi connectivity index (χ2v) is 22.6. The molecular formula is C4H2Br9N. The molecule has 0 aromatic heterocycles. The first-order chi connectivity index (χ1) is 5.75. The van der Waals surface area contributed by atoms with Crippen LogP contribution in [0.4, 0.5) is 0 Å². The molecule has 14 heavy (non-hydrogen) atoms. The fourth-order valence-corrected chi connectivity index (χ4v) is 13.0. The first-order valence-electron chi connectivity index (χ1n) is 2.74. The minimum absolute atomic E-state index is 0.743. The van der Waals surface area contributed by atoms with Gasteiger partial charge in [-0.15, -0.1) is 0 Å². The fraction of sp³-hybridized carbons (Fsp3) is 1.00. The van der Waals surface area contributed by atoms with Gasteiger partial charge in [-0.05, 0) is 0 Å². The Kier molecular flexibility index (Phi) is 7.48. The Balaban J connectivity index is 5.54. The SMILES string of the molecule is NC(C(Br)(Br)Br)(C(Br)(Br)Br)C(Br)(Br)Br. The highest BCUT2D eigenvalue weighted by atomic mass is 80.0. The van der Waals surface area contributed by atoms with E-state index >= 15 is 0 Å². The Bertz CT molecular complexity index is 170. The highest BCUT2D eigenvalue weighted by Gasteiger charge is 2.65. The van der Waals surface area contributed by atoms with E-state index < -0.39 is 12.0 Å². The maximum absolute atomic E-state index is 6.31. The molecule has 0 aromatic rings. The average molecular weight is 783 g/mol. The lowest BCUT2D eigenvalue weighted by atomic mass is 10.1. The largest absolute Gasteiger partial charge is 0.317 e. The van der Waals surface area contributed by atoms with Crippen LogP contribution < -0.4 is 5.73 Å². The van der Waals surface area contributed by atoms with Crippen LogP contribution >= 0.6 is 143 Å². The minimum atomic E-state index is -0.938. The molecule has 2 N–H and O–H groups in total. The molecular weight excluding hydrogens is 781 g/mol. The molecule has 0 bridgehead atoms. The maximum Gasteiger partial charge on any atom is 0.158 e. The molecule has 0 unspecified atom stereocenters. The van der Waals surface area contributed by atoms with E-state index in [0.717, 1.165) is 0 Å². The summed E-state index contributed by atoms with van der Waals surface area (Å²) < 4.78 is -2.23. The van der Waals surface area contributed by atoms with Gasteiger partial charge in [0, 0.05) is 0 Å². The summed E-state index contributed by atoms with van der Waals surface area (Å²) in [6.45, 7) is 0. The van der Waals surface area contributed by atoms with Crippen molar-refractivity contribution in [3.05, 3.63) is 0 Å². The Morgan fingerprint density at radius 2 is 0.643 bits per heavy atom. The standard InChI is InChI=1S/C4H2Br9N/c5-2(6,7)1(14,3(8,9)10)4(11,12)13/h14H2. The molecule has 0 atom stereocenters. The zero-order chi connectivity index (χ0) is 12.0. The van der Waals surface area contributed by atoms with E-state index in [2.05, 4.69) is 143 Å². The maximum atomic E-state index is 6.31. The van der Waals surface area contributed by atoms with Crippen LogP contribution in [0.15, 0.2) is 0 Å². The molecule has 86 valence electrons. The summed E-state index contributed by atoms with van der Waals surface area (Å²) in [6.07, 6.45) is 0. The molecule has 0 aliphatic rings. The van der Waals surface area contributed by atoms with Gasteiger partial charge < -0.3 is 5.73 Å². The fourth-order valence-electron chi connectivity index (χ4n) is 0.482. The molecule has 0 heterocycles. The van der Waals surface area contributed by atoms with Crippen LogP contribution in [0, 0.1) is 0 Å². The smallest absolute Gasteiger partial charge is 0.158 e. The summed E-state index contributed by atoms with van der Waals surface area (Å²) in [5.41, 5.74) is 5.37. The molecule has 0 rings (SSSR count). The third kappa shape index (κ3) is 3.88. The van der Waals surface area contributed by atoms with Gasteiger partial charge in [-0.25, -0.2) is 0 Å². The van der Waals surface area contributed by atoms with Gasteiger partial charge in [-0.2, -0.15) is 0 Å². The van der Waals surface area contributed by atoms with Crippen molar-refractivity contribution < 1.29 is 0 Å². The normalized spacial score (nSPS) is 15.9. The van der Waals surface area contributed by atoms with Crippen LogP contribution in [0.25, 0.3) is 0 Å². The van der Waals surface area contributed by atoms with Gasteiger partial charge in [-0.3, -0.25) is 0 Å². The molecule has 0 saturated carbocycles. The van der Waals surface area contributed by atoms with E-state index in [1.54, 1.807) is 0 Å². The Labute approximate surface area is 158 Å². The van der Waals surface area contributed by atoms with E-state index in [-0.39, 0.29) is 0 Å². The number of nitrogens with two attached hydrogens (primary N) is 1. The topological polar surface area (TPSA) is 26.0 Å². The molecule has 10 heteroatoms. The van der Waals surface area contributed by atoms with Crippen LogP contribution in [0.5, 0.6) is 0 Å². The van der Waals surface area contributed by atoms with Crippen molar-refractivity contribution in [2.45, 2.75) is 12.0 Å². The van der Waals surface area contributed by atoms with Gasteiger partial charge in [0.1, 0.15) is 5.54 Å². The van der Waals surface area contributed by atoms with Gasteiger partial charge >= 0.3 is 0 Å². The first kappa shape index (κ1) is 18.3. The van der Waals surface area contributed by atoms with E-state index in [9.17, 15) is 0 Å². The van der Waals surface area contributed by atoms with Crippen molar-refractivity contribution in [3.63, 3.8) is 0 Å². The Morgan fingerprint density at radius 3 is 0.643 bits per heavy atom. The second kappa shape index (κ2) is 5.73. The average Bonchev–Trinajstić information content (AvgIpc) is 1.77. The van der Waals surface area contributed by atoms with Crippen molar-refractivity contribution in [1.29, 1.82) is 0 Å². The van der Waals surface area contributed by atoms with E-state index in [0.29, 0.717) is 0 Å². The molecule has 0 spiro atoms. The van der Waals surface area contributed by atoms with Crippen molar-refractivity contribution in [2.24, 2.45) is 5.73 Å². The molecule has 0 amide bonds. The first-order valence-corrected chi connectivity index (χ1v) is 9.88. The van der Waals surface area contributed by atoms with Crippen LogP contribution in [-0.4, -0.2) is 12.0 Å². The van der Waals surface area contributed by atoms with Crippen LogP contribution in [0.2, 0.25) is 0 Å². The monoisotopic (exact) mass is 774 g/mol. The molecule has 0 radical (unpaired) electrons. The predicted molar refractivity (Wildman–Crippen MR) is 95.5 cm³/mol. The Morgan fingerprint density at radius 1 is 0.500 bits per heavy atom. The van der Waals surface area contributed by atoms with Crippen LogP contribution in [0.3, 0.4) is 0 Å². The van der Waals surface area contributed by atoms with E-state index in [4.69, 9.17) is 5.73 Å². The summed E-state index contributed by atoms with van der Waals surface area (Å²) in [5, 5.41) is 0. The highest BCUT2D eigenvalue weighted by Crippen LogP contribution is 2.65. The number of hydrogen-bond donors (Lipinski definition) is 1. The lowest BCUT2D eigenvalue weighted by Crippen LogP contribution is -2.67. The molecule has 0 fully saturated rings. The summed E-state index contributed by atoms with van der Waals surface area (Å²) in [7, 11) is 0. The van der Waals surface area contributed by atoms with Crippen molar-refractivity contribution in [3.8, 4) is 0 Å². The lowest BCUT2D eigenvalue weighted by molar-refractivity contribution is 0.530. The summed E-state index contributed by atoms with van der Waals surface area (Å²) in [5.74, 6) is 0. The molecule has 0 aromatic carbocycles. The van der Waals surface area contributed by atoms with Gasteiger partial charge in [0.2, 0.25) is 0 Å². The van der Waals surface area contributed by atoms with Crippen molar-refractivity contribution in [1.82, 2.24) is 0 Å². The number of halogens is 9. The molecule has 1 nitrogen and oxygen atoms in total. The zero-order valence-electron chi connectivity index (χ0n) is 5.98. The van der Waals surface area contributed by atoms with Gasteiger partial charge in [0.05, 0.1) is 0 Å². The number of rotatable bonds is 0. The third-order valence-corrected chi connectivity index (χ3v) is 6.97. The number of alkyl halides is 9. The van der Waals surface area contributed by atoms with Gasteiger partial charge in [0.15, 0.2) is 6.43 Å². The molecule has 0 saturated heterocycles. The summed E-state index contributed by atoms with van der Waals surface area (Å²) >= 11 is 30.6. The van der Waals surface area contributed by atoms with Crippen LogP contribution in [-0.2, 0) is 0 Å². The van der Waals surface area contributed by atoms with E-state index in [1.807, 2.05) is 0 Å². The summed E-state index contributed by atoms with van der Waals surface area (Å²) in [4.78, 5) is 0. The van der Waals surface area contributed by atoms with Crippen molar-refractivity contribution >= 4 is 143 Å². The number of hydrogen-bond acceptors (Lipinski definition) is 1. The van der Waals surface area contributed by atoms with Gasteiger partial charge in [-0.1, -0.05) is 143 Å². The zero-order valence-corrected chi connectivity index (χ0v) is 20.3. The lowest BCUT2D eigenvalue weighted by Gasteiger charge is -2.48. The summed E-state index contributed by atoms with van der Waals surface area (Å²) in [6, 6.07) is 0. The molecule has 0 aliphatic heterocycles. The minimum Gasteiger partial charge on any atom is -0.317 e.